The van der Waals surface area contributed by atoms with E-state index in [0.717, 1.165) is 53.5 Å². The van der Waals surface area contributed by atoms with Gasteiger partial charge in [-0.25, -0.2) is 4.39 Å². The molecule has 3 nitrogen and oxygen atoms in total. The third-order valence-electron chi connectivity index (χ3n) is 4.66. The number of hydrogen-bond donors (Lipinski definition) is 0. The summed E-state index contributed by atoms with van der Waals surface area (Å²) in [7, 11) is 0. The van der Waals surface area contributed by atoms with E-state index in [1.807, 2.05) is 37.3 Å². The Labute approximate surface area is 159 Å². The van der Waals surface area contributed by atoms with Crippen LogP contribution in [0.1, 0.15) is 43.1 Å². The molecule has 3 rings (SSSR count). The van der Waals surface area contributed by atoms with Crippen LogP contribution in [-0.4, -0.2) is 12.6 Å². The summed E-state index contributed by atoms with van der Waals surface area (Å²) < 4.78 is 23.9. The molecule has 0 N–H and O–H groups in total. The Morgan fingerprint density at radius 3 is 2.59 bits per heavy atom. The van der Waals surface area contributed by atoms with E-state index in [2.05, 4.69) is 6.07 Å². The van der Waals surface area contributed by atoms with Gasteiger partial charge in [0.25, 0.3) is 0 Å². The minimum atomic E-state index is -0.195. The zero-order valence-corrected chi connectivity index (χ0v) is 15.7. The van der Waals surface area contributed by atoms with Crippen LogP contribution in [0, 0.1) is 5.82 Å². The van der Waals surface area contributed by atoms with Crippen molar-refractivity contribution in [2.45, 2.75) is 45.4 Å². The fraction of sp³-hybridized carbons (Fsp3) is 0.348. The van der Waals surface area contributed by atoms with Gasteiger partial charge in [0.15, 0.2) is 0 Å². The topological polar surface area (TPSA) is 39.4 Å². The highest BCUT2D eigenvalue weighted by Crippen LogP contribution is 2.25. The number of unbranched alkanes of at least 4 members (excludes halogenated alkanes) is 1. The smallest absolute Gasteiger partial charge is 0.306 e. The average molecular weight is 368 g/mol. The van der Waals surface area contributed by atoms with Crippen molar-refractivity contribution in [1.82, 2.24) is 0 Å². The average Bonchev–Trinajstić information content (AvgIpc) is 3.09. The molecule has 0 atom stereocenters. The Kier molecular flexibility index (Phi) is 6.64. The van der Waals surface area contributed by atoms with Gasteiger partial charge in [0.1, 0.15) is 17.2 Å². The summed E-state index contributed by atoms with van der Waals surface area (Å²) in [6.07, 6.45) is 4.87. The molecule has 3 aromatic rings. The standard InChI is InChI=1S/C23H25FO3/c1-2-26-23(25)15-12-18-7-5-9-22-21(18)16-20(27-22)8-4-3-6-17-10-13-19(24)14-11-17/h5,7,9-11,13-14,16H,2-4,6,8,12,15H2,1H3. The number of carbonyl (C=O) groups is 1. The number of fused-ring (bicyclic) bond motifs is 1. The summed E-state index contributed by atoms with van der Waals surface area (Å²) in [5, 5.41) is 1.08. The number of furan rings is 1. The quantitative estimate of drug-likeness (QED) is 0.363. The van der Waals surface area contributed by atoms with E-state index in [1.165, 1.54) is 12.1 Å². The molecule has 0 aliphatic heterocycles. The number of benzene rings is 2. The fourth-order valence-corrected chi connectivity index (χ4v) is 3.26. The maximum atomic E-state index is 12.9. The van der Waals surface area contributed by atoms with E-state index >= 15 is 0 Å². The molecule has 1 aromatic heterocycles. The lowest BCUT2D eigenvalue weighted by atomic mass is 10.0. The number of esters is 1. The molecular weight excluding hydrogens is 343 g/mol. The van der Waals surface area contributed by atoms with Crippen LogP contribution in [0.2, 0.25) is 0 Å². The van der Waals surface area contributed by atoms with Crippen LogP contribution in [0.4, 0.5) is 4.39 Å². The summed E-state index contributed by atoms with van der Waals surface area (Å²) >= 11 is 0. The minimum absolute atomic E-state index is 0.168. The first-order valence-corrected chi connectivity index (χ1v) is 9.56. The van der Waals surface area contributed by atoms with Crippen LogP contribution in [0.25, 0.3) is 11.0 Å². The molecule has 0 aliphatic rings. The highest BCUT2D eigenvalue weighted by Gasteiger charge is 2.10. The second-order valence-electron chi connectivity index (χ2n) is 6.68. The van der Waals surface area contributed by atoms with Crippen molar-refractivity contribution >= 4 is 16.9 Å². The molecular formula is C23H25FO3. The van der Waals surface area contributed by atoms with Crippen molar-refractivity contribution in [1.29, 1.82) is 0 Å². The number of rotatable bonds is 9. The lowest BCUT2D eigenvalue weighted by molar-refractivity contribution is -0.143. The van der Waals surface area contributed by atoms with Crippen LogP contribution < -0.4 is 0 Å². The highest BCUT2D eigenvalue weighted by atomic mass is 19.1. The van der Waals surface area contributed by atoms with Crippen molar-refractivity contribution in [3.63, 3.8) is 0 Å². The van der Waals surface area contributed by atoms with E-state index < -0.39 is 0 Å². The van der Waals surface area contributed by atoms with Gasteiger partial charge in [-0.05, 0) is 68.0 Å². The second-order valence-corrected chi connectivity index (χ2v) is 6.68. The van der Waals surface area contributed by atoms with Crippen LogP contribution in [0.5, 0.6) is 0 Å². The van der Waals surface area contributed by atoms with Crippen molar-refractivity contribution in [3.8, 4) is 0 Å². The monoisotopic (exact) mass is 368 g/mol. The number of halogens is 1. The first-order chi connectivity index (χ1) is 13.2. The maximum Gasteiger partial charge on any atom is 0.306 e. The van der Waals surface area contributed by atoms with E-state index in [4.69, 9.17) is 9.15 Å². The Morgan fingerprint density at radius 1 is 1.04 bits per heavy atom. The third-order valence-corrected chi connectivity index (χ3v) is 4.66. The molecule has 0 unspecified atom stereocenters. The Balaban J connectivity index is 1.55. The Hall–Kier alpha value is -2.62. The molecule has 27 heavy (non-hydrogen) atoms. The molecule has 142 valence electrons. The Bertz CT molecular complexity index is 880. The van der Waals surface area contributed by atoms with E-state index in [1.54, 1.807) is 0 Å². The van der Waals surface area contributed by atoms with Crippen LogP contribution in [-0.2, 0) is 28.8 Å². The number of carbonyl (C=O) groups excluding carboxylic acids is 1. The largest absolute Gasteiger partial charge is 0.466 e. The molecule has 0 saturated heterocycles. The predicted molar refractivity (Wildman–Crippen MR) is 104 cm³/mol. The van der Waals surface area contributed by atoms with E-state index in [9.17, 15) is 9.18 Å². The molecule has 4 heteroatoms. The molecule has 0 spiro atoms. The summed E-state index contributed by atoms with van der Waals surface area (Å²) in [6.45, 7) is 2.23. The van der Waals surface area contributed by atoms with Gasteiger partial charge in [0.2, 0.25) is 0 Å². The van der Waals surface area contributed by atoms with Crippen molar-refractivity contribution < 1.29 is 18.3 Å². The van der Waals surface area contributed by atoms with Gasteiger partial charge in [0, 0.05) is 18.2 Å². The van der Waals surface area contributed by atoms with Crippen molar-refractivity contribution in [2.75, 3.05) is 6.61 Å². The van der Waals surface area contributed by atoms with Gasteiger partial charge in [-0.2, -0.15) is 0 Å². The third kappa shape index (κ3) is 5.43. The molecule has 0 amide bonds. The van der Waals surface area contributed by atoms with Gasteiger partial charge >= 0.3 is 5.97 Å². The van der Waals surface area contributed by atoms with Crippen molar-refractivity contribution in [3.05, 3.63) is 71.2 Å². The first kappa shape index (κ1) is 19.2. The van der Waals surface area contributed by atoms with Gasteiger partial charge < -0.3 is 9.15 Å². The summed E-state index contributed by atoms with van der Waals surface area (Å²) in [5.74, 6) is 0.603. The number of ether oxygens (including phenoxy) is 1. The van der Waals surface area contributed by atoms with Crippen molar-refractivity contribution in [2.24, 2.45) is 0 Å². The van der Waals surface area contributed by atoms with Gasteiger partial charge in [-0.3, -0.25) is 4.79 Å². The Morgan fingerprint density at radius 2 is 1.81 bits per heavy atom. The van der Waals surface area contributed by atoms with Crippen LogP contribution in [0.3, 0.4) is 0 Å². The summed E-state index contributed by atoms with van der Waals surface area (Å²) in [4.78, 5) is 11.6. The maximum absolute atomic E-state index is 12.9. The van der Waals surface area contributed by atoms with E-state index in [-0.39, 0.29) is 11.8 Å². The van der Waals surface area contributed by atoms with Gasteiger partial charge in [0.05, 0.1) is 6.61 Å². The molecule has 0 fully saturated rings. The predicted octanol–water partition coefficient (Wildman–Crippen LogP) is 5.63. The zero-order chi connectivity index (χ0) is 19.1. The second kappa shape index (κ2) is 9.36. The van der Waals surface area contributed by atoms with Crippen LogP contribution >= 0.6 is 0 Å². The van der Waals surface area contributed by atoms with E-state index in [0.29, 0.717) is 19.4 Å². The molecule has 2 aromatic carbocycles. The summed E-state index contributed by atoms with van der Waals surface area (Å²) in [5.41, 5.74) is 3.13. The lowest BCUT2D eigenvalue weighted by Crippen LogP contribution is -2.05. The van der Waals surface area contributed by atoms with Crippen LogP contribution in [0.15, 0.2) is 52.9 Å². The zero-order valence-electron chi connectivity index (χ0n) is 15.7. The van der Waals surface area contributed by atoms with Gasteiger partial charge in [-0.1, -0.05) is 24.3 Å². The lowest BCUT2D eigenvalue weighted by Gasteiger charge is -2.03. The molecule has 0 bridgehead atoms. The number of hydrogen-bond acceptors (Lipinski definition) is 3. The molecule has 0 saturated carbocycles. The highest BCUT2D eigenvalue weighted by molar-refractivity contribution is 5.82. The SMILES string of the molecule is CCOC(=O)CCc1cccc2oc(CCCCc3ccc(F)cc3)cc12. The number of aryl methyl sites for hydroxylation is 3. The molecule has 1 heterocycles. The summed E-state index contributed by atoms with van der Waals surface area (Å²) in [6, 6.07) is 14.7. The fourth-order valence-electron chi connectivity index (χ4n) is 3.26. The molecule has 0 aliphatic carbocycles. The normalized spacial score (nSPS) is 11.0. The minimum Gasteiger partial charge on any atom is -0.466 e. The molecule has 0 radical (unpaired) electrons. The van der Waals surface area contributed by atoms with Gasteiger partial charge in [-0.15, -0.1) is 0 Å². The first-order valence-electron chi connectivity index (χ1n) is 9.56.